The van der Waals surface area contributed by atoms with Gasteiger partial charge in [0, 0.05) is 43.6 Å². The Morgan fingerprint density at radius 1 is 1.20 bits per heavy atom. The number of pyridine rings is 2. The summed E-state index contributed by atoms with van der Waals surface area (Å²) in [5.74, 6) is 0.778. The second-order valence-electron chi connectivity index (χ2n) is 13.6. The quantitative estimate of drug-likeness (QED) is 0.244. The molecule has 2 aromatic rings. The molecule has 1 aliphatic carbocycles. The van der Waals surface area contributed by atoms with E-state index in [1.165, 1.54) is 38.3 Å². The maximum absolute atomic E-state index is 12.1. The van der Waals surface area contributed by atoms with Crippen molar-refractivity contribution in [2.24, 2.45) is 5.41 Å². The molecule has 3 heterocycles. The topological polar surface area (TPSA) is 144 Å². The number of nitrogen functional groups attached to an aromatic ring is 1. The van der Waals surface area contributed by atoms with Gasteiger partial charge in [0.25, 0.3) is 0 Å². The smallest absolute Gasteiger partial charge is 0.338 e. The molecular weight excluding hydrogens is 592 g/mol. The number of rotatable bonds is 10. The first-order valence-corrected chi connectivity index (χ1v) is 16.3. The summed E-state index contributed by atoms with van der Waals surface area (Å²) in [6, 6.07) is 10.6. The van der Waals surface area contributed by atoms with Crippen LogP contribution in [0.25, 0.3) is 11.3 Å². The Balaban J connectivity index is 0.000000248. The van der Waals surface area contributed by atoms with Crippen molar-refractivity contribution in [3.8, 4) is 17.3 Å². The zero-order valence-electron chi connectivity index (χ0n) is 27.7. The van der Waals surface area contributed by atoms with E-state index in [0.717, 1.165) is 18.4 Å². The van der Waals surface area contributed by atoms with Crippen LogP contribution in [0.15, 0.2) is 30.5 Å². The molecule has 0 amide bonds. The Hall–Kier alpha value is -2.97. The number of carbonyl (C=O) groups excluding carboxylic acids is 1. The molecule has 1 saturated carbocycles. The van der Waals surface area contributed by atoms with Crippen molar-refractivity contribution < 1.29 is 19.0 Å². The largest absolute Gasteiger partial charge is 0.458 e. The van der Waals surface area contributed by atoms with Gasteiger partial charge in [0.1, 0.15) is 17.2 Å². The number of carbonyl (C=O) groups is 1. The van der Waals surface area contributed by atoms with Crippen molar-refractivity contribution in [1.82, 2.24) is 15.3 Å². The minimum Gasteiger partial charge on any atom is -0.458 e. The van der Waals surface area contributed by atoms with Crippen LogP contribution in [-0.2, 0) is 19.0 Å². The van der Waals surface area contributed by atoms with E-state index in [4.69, 9.17) is 31.5 Å². The fraction of sp³-hybridized carbons (Fsp3) is 0.647. The number of halogens is 1. The van der Waals surface area contributed by atoms with Gasteiger partial charge in [0.05, 0.1) is 28.8 Å². The van der Waals surface area contributed by atoms with Gasteiger partial charge in [-0.15, -0.1) is 0 Å². The summed E-state index contributed by atoms with van der Waals surface area (Å²) >= 11 is 6.19. The van der Waals surface area contributed by atoms with Crippen molar-refractivity contribution in [2.45, 2.75) is 110 Å². The van der Waals surface area contributed by atoms with Gasteiger partial charge in [0.15, 0.2) is 5.60 Å². The van der Waals surface area contributed by atoms with Gasteiger partial charge < -0.3 is 30.6 Å². The lowest BCUT2D eigenvalue weighted by Gasteiger charge is -2.31. The Labute approximate surface area is 273 Å². The van der Waals surface area contributed by atoms with Crippen LogP contribution in [0.2, 0.25) is 5.02 Å². The lowest BCUT2D eigenvalue weighted by Crippen LogP contribution is -2.45. The molecule has 0 bridgehead atoms. The summed E-state index contributed by atoms with van der Waals surface area (Å²) in [4.78, 5) is 20.7. The highest BCUT2D eigenvalue weighted by Crippen LogP contribution is 2.31. The molecule has 11 heteroatoms. The van der Waals surface area contributed by atoms with Crippen molar-refractivity contribution >= 4 is 29.2 Å². The number of hydrogen-bond donors (Lipinski definition) is 3. The molecule has 0 spiro atoms. The van der Waals surface area contributed by atoms with Crippen molar-refractivity contribution in [3.63, 3.8) is 0 Å². The Kier molecular flexibility index (Phi) is 13.4. The van der Waals surface area contributed by atoms with E-state index in [9.17, 15) is 10.1 Å². The highest BCUT2D eigenvalue weighted by molar-refractivity contribution is 6.33. The molecule has 4 N–H and O–H groups in total. The van der Waals surface area contributed by atoms with Gasteiger partial charge in [-0.05, 0) is 85.4 Å². The van der Waals surface area contributed by atoms with E-state index in [1.807, 2.05) is 39.0 Å². The van der Waals surface area contributed by atoms with Crippen LogP contribution < -0.4 is 16.4 Å². The summed E-state index contributed by atoms with van der Waals surface area (Å²) in [6.45, 7) is 13.6. The minimum absolute atomic E-state index is 0.245. The third kappa shape index (κ3) is 12.0. The molecule has 4 rings (SSSR count). The van der Waals surface area contributed by atoms with Crippen LogP contribution in [-0.4, -0.2) is 65.6 Å². The summed E-state index contributed by atoms with van der Waals surface area (Å²) in [5.41, 5.74) is 5.37. The molecule has 1 aliphatic heterocycles. The number of aromatic nitrogens is 2. The third-order valence-corrected chi connectivity index (χ3v) is 8.21. The molecular formula is C34H51ClN6O4. The van der Waals surface area contributed by atoms with E-state index in [-0.39, 0.29) is 12.0 Å². The third-order valence-electron chi connectivity index (χ3n) is 7.91. The van der Waals surface area contributed by atoms with E-state index >= 15 is 0 Å². The normalized spacial score (nSPS) is 17.7. The molecule has 2 aromatic heterocycles. The molecule has 0 radical (unpaired) electrons. The van der Waals surface area contributed by atoms with E-state index in [1.54, 1.807) is 19.9 Å². The molecule has 2 aliphatic rings. The second kappa shape index (κ2) is 16.5. The van der Waals surface area contributed by atoms with Crippen LogP contribution in [0.3, 0.4) is 0 Å². The van der Waals surface area contributed by atoms with Crippen LogP contribution >= 0.6 is 11.6 Å². The van der Waals surface area contributed by atoms with Gasteiger partial charge >= 0.3 is 5.97 Å². The van der Waals surface area contributed by atoms with Crippen LogP contribution in [0, 0.1) is 16.7 Å². The molecule has 248 valence electrons. The summed E-state index contributed by atoms with van der Waals surface area (Å²) in [7, 11) is 0. The number of anilines is 2. The van der Waals surface area contributed by atoms with E-state index < -0.39 is 16.6 Å². The molecule has 1 saturated heterocycles. The van der Waals surface area contributed by atoms with Gasteiger partial charge in [-0.1, -0.05) is 36.9 Å². The standard InChI is InChI=1S/C17H18ClN5O.C17H33NO3/c18-13-9-21-15(20)8-12(13)14-2-1-3-16(23-14)22-11-17(10-19)4-6-24-7-5-17;1-13(18-14-10-8-7-9-11-14)12-20-17(5,6)15(19)21-16(2,3)4/h1-3,8-9H,4-7,11H2,(H2,20,21)(H,22,23);13-14,18H,7-12H2,1-6H3/t;13-/m.1/s1. The van der Waals surface area contributed by atoms with Crippen molar-refractivity contribution in [3.05, 3.63) is 35.5 Å². The Morgan fingerprint density at radius 3 is 2.53 bits per heavy atom. The van der Waals surface area contributed by atoms with Crippen LogP contribution in [0.1, 0.15) is 86.5 Å². The predicted molar refractivity (Wildman–Crippen MR) is 179 cm³/mol. The molecule has 10 nitrogen and oxygen atoms in total. The number of nitrogens with one attached hydrogen (secondary N) is 2. The van der Waals surface area contributed by atoms with Crippen LogP contribution in [0.4, 0.5) is 11.6 Å². The molecule has 1 atom stereocenters. The molecule has 45 heavy (non-hydrogen) atoms. The maximum atomic E-state index is 12.1. The average Bonchev–Trinajstić information content (AvgIpc) is 3.01. The SMILES string of the molecule is C[C@H](COC(C)(C)C(=O)OC(C)(C)C)NC1CCCCC1.N#CC1(CNc2cccc(-c3cc(N)ncc3Cl)n2)CCOCC1. The second-order valence-corrected chi connectivity index (χ2v) is 14.0. The minimum atomic E-state index is -0.907. The summed E-state index contributed by atoms with van der Waals surface area (Å²) in [6.07, 6.45) is 9.45. The molecule has 0 unspecified atom stereocenters. The number of nitrogens with zero attached hydrogens (tertiary/aromatic N) is 3. The van der Waals surface area contributed by atoms with Gasteiger partial charge in [-0.25, -0.2) is 14.8 Å². The lowest BCUT2D eigenvalue weighted by atomic mass is 9.82. The van der Waals surface area contributed by atoms with Gasteiger partial charge in [-0.3, -0.25) is 0 Å². The fourth-order valence-electron chi connectivity index (χ4n) is 5.20. The highest BCUT2D eigenvalue weighted by atomic mass is 35.5. The molecule has 0 aromatic carbocycles. The van der Waals surface area contributed by atoms with Gasteiger partial charge in [0.2, 0.25) is 0 Å². The Morgan fingerprint density at radius 2 is 1.89 bits per heavy atom. The van der Waals surface area contributed by atoms with Crippen molar-refractivity contribution in [1.29, 1.82) is 5.26 Å². The number of hydrogen-bond acceptors (Lipinski definition) is 10. The number of esters is 1. The first-order valence-electron chi connectivity index (χ1n) is 16.0. The monoisotopic (exact) mass is 642 g/mol. The fourth-order valence-corrected chi connectivity index (χ4v) is 5.40. The first kappa shape index (κ1) is 36.5. The number of ether oxygens (including phenoxy) is 3. The molecule has 2 fully saturated rings. The first-order chi connectivity index (χ1) is 21.2. The maximum Gasteiger partial charge on any atom is 0.338 e. The number of nitriles is 1. The van der Waals surface area contributed by atoms with Gasteiger partial charge in [-0.2, -0.15) is 5.26 Å². The average molecular weight is 643 g/mol. The Bertz CT molecular complexity index is 1280. The zero-order chi connectivity index (χ0) is 33.1. The summed E-state index contributed by atoms with van der Waals surface area (Å²) < 4.78 is 16.6. The highest BCUT2D eigenvalue weighted by Gasteiger charge is 2.34. The predicted octanol–water partition coefficient (Wildman–Crippen LogP) is 6.55. The number of nitrogens with two attached hydrogens (primary N) is 1. The van der Waals surface area contributed by atoms with Crippen molar-refractivity contribution in [2.75, 3.05) is 37.4 Å². The van der Waals surface area contributed by atoms with E-state index in [0.29, 0.717) is 54.8 Å². The van der Waals surface area contributed by atoms with E-state index in [2.05, 4.69) is 33.6 Å². The zero-order valence-corrected chi connectivity index (χ0v) is 28.5. The van der Waals surface area contributed by atoms with Crippen LogP contribution in [0.5, 0.6) is 0 Å². The summed E-state index contributed by atoms with van der Waals surface area (Å²) in [5, 5.41) is 16.9. The lowest BCUT2D eigenvalue weighted by molar-refractivity contribution is -0.180.